The van der Waals surface area contributed by atoms with Crippen molar-refractivity contribution < 1.29 is 51.2 Å². The molecule has 0 aliphatic carbocycles. The summed E-state index contributed by atoms with van der Waals surface area (Å²) in [6.45, 7) is 9.75. The van der Waals surface area contributed by atoms with Crippen LogP contribution in [0.1, 0.15) is 0 Å². The smallest absolute Gasteiger partial charge is 0 e. The molecule has 0 atom stereocenters. The molecule has 0 amide bonds. The normalized spacial score (nSPS) is 1.20. The first-order valence-corrected chi connectivity index (χ1v) is 0.707. The monoisotopic (exact) mass is 328 g/mol. The van der Waals surface area contributed by atoms with E-state index in [1.165, 1.54) is 0 Å². The number of hydrogen-bond donors (Lipinski definition) is 0. The SMILES string of the molecule is O.O.O.[CH-]=O.[CH-]=O.[CH-]=O.[Re]. The van der Waals surface area contributed by atoms with Crippen LogP contribution in [-0.4, -0.2) is 36.8 Å². The first kappa shape index (κ1) is 107. The van der Waals surface area contributed by atoms with Gasteiger partial charge in [-0.25, -0.2) is 0 Å². The standard InChI is InChI=1S/3CHO.3H2O.Re/c3*1-2;;;;/h3*1H;3*1H2;/q3*-1;;;;. The maximum atomic E-state index is 7.75. The van der Waals surface area contributed by atoms with Crippen molar-refractivity contribution in [2.75, 3.05) is 0 Å². The molecule has 1 radical (unpaired) electrons. The molecule has 0 aliphatic heterocycles. The van der Waals surface area contributed by atoms with Gasteiger partial charge in [0.25, 0.3) is 0 Å². The van der Waals surface area contributed by atoms with Gasteiger partial charge in [-0.05, 0) is 0 Å². The van der Waals surface area contributed by atoms with Crippen LogP contribution in [0.2, 0.25) is 0 Å². The zero-order valence-corrected chi connectivity index (χ0v) is 7.55. The summed E-state index contributed by atoms with van der Waals surface area (Å²) < 4.78 is 0. The quantitative estimate of drug-likeness (QED) is 0.339. The Morgan fingerprint density at radius 1 is 0.500 bits per heavy atom. The third kappa shape index (κ3) is 1620. The fourth-order valence-corrected chi connectivity index (χ4v) is 0. The van der Waals surface area contributed by atoms with Crippen LogP contribution < -0.4 is 0 Å². The van der Waals surface area contributed by atoms with Gasteiger partial charge in [0.2, 0.25) is 0 Å². The van der Waals surface area contributed by atoms with Crippen LogP contribution in [0.15, 0.2) is 0 Å². The first-order chi connectivity index (χ1) is 3.00. The molecule has 0 spiro atoms. The molecule has 0 fully saturated rings. The summed E-state index contributed by atoms with van der Waals surface area (Å²) in [7, 11) is 0. The second-order valence-electron chi connectivity index (χ2n) is 0. The van der Waals surface area contributed by atoms with Gasteiger partial charge >= 0.3 is 0 Å². The van der Waals surface area contributed by atoms with Gasteiger partial charge in [-0.15, -0.1) is 0 Å². The Kier molecular flexibility index (Phi) is 26100. The Balaban J connectivity index is -0.00000000225. The Hall–Kier alpha value is -0.448. The van der Waals surface area contributed by atoms with Gasteiger partial charge in [0, 0.05) is 20.4 Å². The van der Waals surface area contributed by atoms with Gasteiger partial charge < -0.3 is 30.8 Å². The fourth-order valence-electron chi connectivity index (χ4n) is 0. The average molecular weight is 327 g/mol. The number of rotatable bonds is 0. The van der Waals surface area contributed by atoms with Crippen molar-refractivity contribution in [2.45, 2.75) is 0 Å². The van der Waals surface area contributed by atoms with Gasteiger partial charge in [-0.1, -0.05) is 0 Å². The van der Waals surface area contributed by atoms with Crippen LogP contribution in [0.3, 0.4) is 0 Å². The van der Waals surface area contributed by atoms with Gasteiger partial charge in [0.15, 0.2) is 0 Å². The van der Waals surface area contributed by atoms with E-state index < -0.39 is 0 Å². The molecule has 0 bridgehead atoms. The summed E-state index contributed by atoms with van der Waals surface area (Å²) in [5.41, 5.74) is 0. The molecular formula is C3H9O6Re-3. The van der Waals surface area contributed by atoms with Crippen molar-refractivity contribution in [1.82, 2.24) is 0 Å². The number of carbonyl (C=O) groups excluding carboxylic acids is 3. The van der Waals surface area contributed by atoms with Crippen LogP contribution in [-0.2, 0) is 34.8 Å². The Bertz CT molecular complexity index is 17.7. The van der Waals surface area contributed by atoms with Crippen molar-refractivity contribution in [3.63, 3.8) is 0 Å². The van der Waals surface area contributed by atoms with E-state index in [9.17, 15) is 0 Å². The third-order valence-electron chi connectivity index (χ3n) is 0. The molecule has 0 unspecified atom stereocenters. The molecule has 0 saturated heterocycles. The van der Waals surface area contributed by atoms with E-state index in [1.807, 2.05) is 0 Å². The third-order valence-corrected chi connectivity index (χ3v) is 0. The molecule has 7 heteroatoms. The van der Waals surface area contributed by atoms with Crippen LogP contribution in [0.4, 0.5) is 0 Å². The topological polar surface area (TPSA) is 146 Å². The van der Waals surface area contributed by atoms with Crippen molar-refractivity contribution in [3.05, 3.63) is 0 Å². The molecule has 0 aromatic carbocycles. The van der Waals surface area contributed by atoms with E-state index in [2.05, 4.69) is 20.4 Å². The van der Waals surface area contributed by atoms with Crippen molar-refractivity contribution in [1.29, 1.82) is 0 Å². The molecule has 0 saturated carbocycles. The van der Waals surface area contributed by atoms with Crippen LogP contribution in [0.25, 0.3) is 0 Å². The van der Waals surface area contributed by atoms with Crippen molar-refractivity contribution >= 4 is 20.4 Å². The molecule has 0 aliphatic rings. The van der Waals surface area contributed by atoms with Gasteiger partial charge in [0.1, 0.15) is 0 Å². The van der Waals surface area contributed by atoms with Gasteiger partial charge in [-0.3, -0.25) is 20.4 Å². The minimum absolute atomic E-state index is 0. The summed E-state index contributed by atoms with van der Waals surface area (Å²) in [4.78, 5) is 23.2. The number of hydrogen-bond acceptors (Lipinski definition) is 3. The zero-order chi connectivity index (χ0) is 6.00. The van der Waals surface area contributed by atoms with E-state index in [0.29, 0.717) is 0 Å². The predicted molar refractivity (Wildman–Crippen MR) is 31.1 cm³/mol. The Labute approximate surface area is 72.2 Å². The minimum Gasteiger partial charge on any atom is -0.545 e. The fraction of sp³-hybridized carbons (Fsp3) is 0. The van der Waals surface area contributed by atoms with E-state index in [4.69, 9.17) is 14.4 Å². The molecule has 0 heterocycles. The summed E-state index contributed by atoms with van der Waals surface area (Å²) in [5, 5.41) is 0. The second kappa shape index (κ2) is 2430. The molecule has 0 aromatic rings. The Morgan fingerprint density at radius 2 is 0.500 bits per heavy atom. The van der Waals surface area contributed by atoms with Gasteiger partial charge in [0.05, 0.1) is 0 Å². The van der Waals surface area contributed by atoms with E-state index in [-0.39, 0.29) is 36.9 Å². The van der Waals surface area contributed by atoms with Crippen molar-refractivity contribution in [2.24, 2.45) is 0 Å². The van der Waals surface area contributed by atoms with Gasteiger partial charge in [-0.2, -0.15) is 0 Å². The summed E-state index contributed by atoms with van der Waals surface area (Å²) in [5.74, 6) is 0. The minimum atomic E-state index is 0. The molecule has 10 heavy (non-hydrogen) atoms. The molecular weight excluding hydrogens is 318 g/mol. The summed E-state index contributed by atoms with van der Waals surface area (Å²) in [6, 6.07) is 0. The van der Waals surface area contributed by atoms with Crippen molar-refractivity contribution in [3.8, 4) is 0 Å². The van der Waals surface area contributed by atoms with E-state index >= 15 is 0 Å². The molecule has 0 rings (SSSR count). The largest absolute Gasteiger partial charge is 0.545 e. The van der Waals surface area contributed by atoms with E-state index in [0.717, 1.165) is 0 Å². The van der Waals surface area contributed by atoms with Crippen LogP contribution in [0.5, 0.6) is 0 Å². The molecule has 67 valence electrons. The van der Waals surface area contributed by atoms with Crippen LogP contribution in [0, 0.1) is 0 Å². The Morgan fingerprint density at radius 3 is 0.500 bits per heavy atom. The van der Waals surface area contributed by atoms with E-state index in [1.54, 1.807) is 0 Å². The summed E-state index contributed by atoms with van der Waals surface area (Å²) in [6.07, 6.45) is 0. The molecule has 6 N–H and O–H groups in total. The zero-order valence-electron chi connectivity index (χ0n) is 4.83. The molecule has 0 aromatic heterocycles. The predicted octanol–water partition coefficient (Wildman–Crippen LogP) is -3.30. The van der Waals surface area contributed by atoms with Crippen LogP contribution >= 0.6 is 0 Å². The maximum absolute atomic E-state index is 7.75. The second-order valence-corrected chi connectivity index (χ2v) is 0. The summed E-state index contributed by atoms with van der Waals surface area (Å²) >= 11 is 0. The maximum Gasteiger partial charge on any atom is 0 e. The average Bonchev–Trinajstić information content (AvgIpc) is 1.81. The molecule has 6 nitrogen and oxygen atoms in total. The first-order valence-electron chi connectivity index (χ1n) is 0.707.